The SMILES string of the molecule is Cc1ccc(-n2nc(S(C)(C)C)cc2NC(=O)Nc2ccc(Oc3ccnc(Nc4cc(C)c5[nH]ncc5c4)n3)c(Cl)c2Cl)cc1. The van der Waals surface area contributed by atoms with Crippen LogP contribution in [0.4, 0.5) is 27.9 Å². The number of nitrogens with zero attached hydrogens (tertiary/aromatic N) is 5. The van der Waals surface area contributed by atoms with Crippen molar-refractivity contribution in [2.45, 2.75) is 18.9 Å². The first-order chi connectivity index (χ1) is 21.9. The molecule has 6 rings (SSSR count). The highest BCUT2D eigenvalue weighted by Crippen LogP contribution is 2.45. The highest BCUT2D eigenvalue weighted by Gasteiger charge is 2.20. The number of urea groups is 1. The first-order valence-electron chi connectivity index (χ1n) is 14.1. The summed E-state index contributed by atoms with van der Waals surface area (Å²) in [4.78, 5) is 21.9. The lowest BCUT2D eigenvalue weighted by molar-refractivity contribution is 0.262. The van der Waals surface area contributed by atoms with E-state index in [1.165, 1.54) is 0 Å². The summed E-state index contributed by atoms with van der Waals surface area (Å²) in [5.41, 5.74) is 5.05. The van der Waals surface area contributed by atoms with E-state index in [0.29, 0.717) is 17.5 Å². The zero-order valence-electron chi connectivity index (χ0n) is 25.6. The van der Waals surface area contributed by atoms with Gasteiger partial charge < -0.3 is 15.4 Å². The van der Waals surface area contributed by atoms with Crippen LogP contribution in [0.3, 0.4) is 0 Å². The summed E-state index contributed by atoms with van der Waals surface area (Å²) in [5, 5.41) is 22.8. The number of halogens is 2. The van der Waals surface area contributed by atoms with E-state index in [-0.39, 0.29) is 21.7 Å². The predicted molar refractivity (Wildman–Crippen MR) is 187 cm³/mol. The van der Waals surface area contributed by atoms with Crippen LogP contribution < -0.4 is 20.7 Å². The molecule has 3 aromatic heterocycles. The number of rotatable bonds is 8. The average Bonchev–Trinajstić information content (AvgIpc) is 3.66. The summed E-state index contributed by atoms with van der Waals surface area (Å²) in [6.45, 7) is 4.01. The molecule has 3 heterocycles. The number of fused-ring (bicyclic) bond motifs is 1. The number of hydrogen-bond donors (Lipinski definition) is 4. The summed E-state index contributed by atoms with van der Waals surface area (Å²) < 4.78 is 7.68. The Morgan fingerprint density at radius 2 is 1.74 bits per heavy atom. The van der Waals surface area contributed by atoms with Crippen LogP contribution in [0.1, 0.15) is 11.1 Å². The third kappa shape index (κ3) is 6.74. The van der Waals surface area contributed by atoms with Gasteiger partial charge in [0.15, 0.2) is 0 Å². The van der Waals surface area contributed by atoms with Crippen LogP contribution in [-0.4, -0.2) is 54.7 Å². The Kier molecular flexibility index (Phi) is 8.51. The molecule has 6 aromatic rings. The van der Waals surface area contributed by atoms with E-state index >= 15 is 0 Å². The summed E-state index contributed by atoms with van der Waals surface area (Å²) in [6.07, 6.45) is 9.76. The topological polar surface area (TPSA) is 135 Å². The van der Waals surface area contributed by atoms with Crippen LogP contribution in [0.2, 0.25) is 10.0 Å². The van der Waals surface area contributed by atoms with Crippen molar-refractivity contribution in [3.63, 3.8) is 0 Å². The number of amides is 2. The van der Waals surface area contributed by atoms with Crippen molar-refractivity contribution in [2.75, 3.05) is 34.7 Å². The molecule has 0 bridgehead atoms. The number of aryl methyl sites for hydroxylation is 2. The van der Waals surface area contributed by atoms with Gasteiger partial charge in [0.2, 0.25) is 11.8 Å². The molecule has 4 N–H and O–H groups in total. The normalized spacial score (nSPS) is 11.8. The average molecular weight is 677 g/mol. The minimum absolute atomic E-state index is 0.108. The van der Waals surface area contributed by atoms with Gasteiger partial charge in [-0.15, -0.1) is 0 Å². The number of H-pyrrole nitrogens is 1. The van der Waals surface area contributed by atoms with E-state index in [4.69, 9.17) is 33.0 Å². The molecule has 0 saturated carbocycles. The minimum atomic E-state index is -1.16. The maximum absolute atomic E-state index is 13.2. The maximum Gasteiger partial charge on any atom is 0.324 e. The maximum atomic E-state index is 13.2. The van der Waals surface area contributed by atoms with Crippen molar-refractivity contribution >= 4 is 73.3 Å². The second-order valence-corrected chi connectivity index (χ2v) is 16.2. The van der Waals surface area contributed by atoms with E-state index in [2.05, 4.69) is 54.9 Å². The third-order valence-electron chi connectivity index (χ3n) is 6.98. The monoisotopic (exact) mass is 675 g/mol. The predicted octanol–water partition coefficient (Wildman–Crippen LogP) is 8.70. The van der Waals surface area contributed by atoms with Gasteiger partial charge in [-0.2, -0.15) is 15.2 Å². The molecule has 46 heavy (non-hydrogen) atoms. The first-order valence-corrected chi connectivity index (χ1v) is 17.7. The Morgan fingerprint density at radius 1 is 0.957 bits per heavy atom. The highest BCUT2D eigenvalue weighted by molar-refractivity contribution is 8.32. The Labute approximate surface area is 277 Å². The fraction of sp³-hybridized carbons (Fsp3) is 0.156. The van der Waals surface area contributed by atoms with Gasteiger partial charge in [-0.3, -0.25) is 10.4 Å². The third-order valence-corrected chi connectivity index (χ3v) is 9.30. The quantitative estimate of drug-likeness (QED) is 0.127. The largest absolute Gasteiger partial charge is 0.437 e. The van der Waals surface area contributed by atoms with E-state index in [1.54, 1.807) is 35.3 Å². The molecule has 236 valence electrons. The van der Waals surface area contributed by atoms with Gasteiger partial charge in [-0.05, 0) is 74.6 Å². The molecule has 0 unspecified atom stereocenters. The fourth-order valence-corrected chi connectivity index (χ4v) is 5.81. The van der Waals surface area contributed by atoms with Gasteiger partial charge in [-0.1, -0.05) is 40.9 Å². The van der Waals surface area contributed by atoms with Crippen LogP contribution in [0, 0.1) is 13.8 Å². The van der Waals surface area contributed by atoms with Crippen molar-refractivity contribution in [1.82, 2.24) is 29.9 Å². The molecular weight excluding hydrogens is 645 g/mol. The summed E-state index contributed by atoms with van der Waals surface area (Å²) in [6, 6.07) is 18.0. The minimum Gasteiger partial charge on any atom is -0.437 e. The molecule has 0 fully saturated rings. The molecule has 14 heteroatoms. The smallest absolute Gasteiger partial charge is 0.324 e. The van der Waals surface area contributed by atoms with Crippen LogP contribution in [-0.2, 0) is 0 Å². The lowest BCUT2D eigenvalue weighted by Gasteiger charge is -2.21. The molecule has 2 amide bonds. The molecule has 11 nitrogen and oxygen atoms in total. The van der Waals surface area contributed by atoms with E-state index in [1.807, 2.05) is 56.3 Å². The van der Waals surface area contributed by atoms with Crippen LogP contribution in [0.5, 0.6) is 11.6 Å². The summed E-state index contributed by atoms with van der Waals surface area (Å²) in [7, 11) is -1.16. The van der Waals surface area contributed by atoms with Gasteiger partial charge in [0, 0.05) is 29.4 Å². The van der Waals surface area contributed by atoms with Crippen LogP contribution in [0.15, 0.2) is 78.1 Å². The van der Waals surface area contributed by atoms with Crippen molar-refractivity contribution < 1.29 is 9.53 Å². The number of aromatic nitrogens is 6. The molecule has 0 spiro atoms. The first kappa shape index (κ1) is 31.2. The number of anilines is 4. The van der Waals surface area contributed by atoms with Gasteiger partial charge in [0.1, 0.15) is 21.6 Å². The van der Waals surface area contributed by atoms with E-state index < -0.39 is 16.1 Å². The number of carbonyl (C=O) groups excluding carboxylic acids is 1. The Morgan fingerprint density at radius 3 is 2.50 bits per heavy atom. The second kappa shape index (κ2) is 12.5. The lowest BCUT2D eigenvalue weighted by Crippen LogP contribution is -2.21. The van der Waals surface area contributed by atoms with E-state index in [9.17, 15) is 4.79 Å². The number of aromatic amines is 1. The van der Waals surface area contributed by atoms with Crippen molar-refractivity contribution in [3.05, 3.63) is 94.2 Å². The molecule has 0 atom stereocenters. The van der Waals surface area contributed by atoms with Gasteiger partial charge in [-0.25, -0.2) is 24.5 Å². The van der Waals surface area contributed by atoms with Gasteiger partial charge in [0.25, 0.3) is 0 Å². The zero-order valence-corrected chi connectivity index (χ0v) is 28.0. The van der Waals surface area contributed by atoms with Crippen molar-refractivity contribution in [3.8, 4) is 17.3 Å². The molecule has 0 aliphatic carbocycles. The van der Waals surface area contributed by atoms with Crippen LogP contribution >= 0.6 is 33.2 Å². The fourth-order valence-electron chi connectivity index (χ4n) is 4.62. The van der Waals surface area contributed by atoms with Crippen molar-refractivity contribution in [1.29, 1.82) is 0 Å². The molecule has 0 saturated heterocycles. The standard InChI is InChI=1S/C32H31Cl2N9O2S/c1-18-6-8-22(9-7-18)43-25(16-27(42-43)46(3,4)5)39-32(44)38-23-10-11-24(29(34)28(23)33)45-26-12-13-35-31(40-26)37-21-14-19(2)30-20(15-21)17-36-41-30/h6-17H,1-5H3,(H,36,41)(H,35,37,40)(H2,38,39,44). The molecule has 0 radical (unpaired) electrons. The number of benzene rings is 3. The molecule has 3 aromatic carbocycles. The Balaban J connectivity index is 1.17. The second-order valence-electron chi connectivity index (χ2n) is 11.3. The van der Waals surface area contributed by atoms with Gasteiger partial charge >= 0.3 is 6.03 Å². The van der Waals surface area contributed by atoms with Gasteiger partial charge in [0.05, 0.1) is 28.1 Å². The molecule has 0 aliphatic rings. The Bertz CT molecular complexity index is 2070. The van der Waals surface area contributed by atoms with Crippen LogP contribution in [0.25, 0.3) is 16.6 Å². The number of carbonyl (C=O) groups is 1. The zero-order chi connectivity index (χ0) is 32.6. The number of nitrogens with one attached hydrogen (secondary N) is 4. The lowest BCUT2D eigenvalue weighted by atomic mass is 10.1. The molecule has 0 aliphatic heterocycles. The highest BCUT2D eigenvalue weighted by atomic mass is 35.5. The number of ether oxygens (including phenoxy) is 1. The van der Waals surface area contributed by atoms with E-state index in [0.717, 1.165) is 38.4 Å². The number of hydrogen-bond acceptors (Lipinski definition) is 7. The summed E-state index contributed by atoms with van der Waals surface area (Å²) >= 11 is 13.2. The Hall–Kier alpha value is -4.78. The van der Waals surface area contributed by atoms with Crippen molar-refractivity contribution in [2.24, 2.45) is 0 Å². The summed E-state index contributed by atoms with van der Waals surface area (Å²) in [5.74, 6) is 1.36. The molecular formula is C32H31Cl2N9O2S.